The monoisotopic (exact) mass is 163 g/mol. The summed E-state index contributed by atoms with van der Waals surface area (Å²) < 4.78 is 0. The Bertz CT molecular complexity index is 284. The zero-order valence-electron chi connectivity index (χ0n) is 6.56. The Labute approximate surface area is 70.5 Å². The van der Waals surface area contributed by atoms with Crippen LogP contribution in [-0.2, 0) is 9.63 Å². The Morgan fingerprint density at radius 1 is 1.25 bits per heavy atom. The topological polar surface area (TPSA) is 29.5 Å². The zero-order valence-corrected chi connectivity index (χ0v) is 6.56. The Balaban J connectivity index is 2.16. The summed E-state index contributed by atoms with van der Waals surface area (Å²) >= 11 is 0. The lowest BCUT2D eigenvalue weighted by Crippen LogP contribution is -2.16. The number of carbonyl (C=O) groups is 1. The van der Waals surface area contributed by atoms with Gasteiger partial charge in [-0.1, -0.05) is 18.2 Å². The van der Waals surface area contributed by atoms with Crippen molar-refractivity contribution in [1.29, 1.82) is 0 Å². The molecule has 1 aromatic rings. The van der Waals surface area contributed by atoms with Crippen LogP contribution in [0.3, 0.4) is 0 Å². The fourth-order valence-corrected chi connectivity index (χ4v) is 1.18. The number of benzene rings is 1. The molecule has 0 bridgehead atoms. The highest BCUT2D eigenvalue weighted by molar-refractivity contribution is 5.74. The molecule has 0 amide bonds. The standard InChI is InChI=1S/C9H9NO2/c11-9-6-7-10(12-9)8-4-2-1-3-5-8/h1-5H,6-7H2. The first-order valence-corrected chi connectivity index (χ1v) is 3.89. The van der Waals surface area contributed by atoms with Crippen molar-refractivity contribution in [3.8, 4) is 0 Å². The number of hydroxylamine groups is 1. The van der Waals surface area contributed by atoms with Gasteiger partial charge in [-0.15, -0.1) is 0 Å². The average molecular weight is 163 g/mol. The first kappa shape index (κ1) is 7.16. The minimum Gasteiger partial charge on any atom is -0.341 e. The largest absolute Gasteiger partial charge is 0.341 e. The minimum atomic E-state index is -0.154. The molecule has 0 aliphatic carbocycles. The van der Waals surface area contributed by atoms with Gasteiger partial charge in [-0.2, -0.15) is 0 Å². The molecule has 0 aromatic heterocycles. The van der Waals surface area contributed by atoms with E-state index in [2.05, 4.69) is 0 Å². The van der Waals surface area contributed by atoms with E-state index in [9.17, 15) is 4.79 Å². The summed E-state index contributed by atoms with van der Waals surface area (Å²) in [4.78, 5) is 15.7. The van der Waals surface area contributed by atoms with Gasteiger partial charge in [0.15, 0.2) is 0 Å². The van der Waals surface area contributed by atoms with Crippen molar-refractivity contribution < 1.29 is 9.63 Å². The van der Waals surface area contributed by atoms with Gasteiger partial charge in [-0.05, 0) is 12.1 Å². The fraction of sp³-hybridized carbons (Fsp3) is 0.222. The molecule has 0 N–H and O–H groups in total. The molecule has 0 radical (unpaired) electrons. The van der Waals surface area contributed by atoms with E-state index in [-0.39, 0.29) is 5.97 Å². The van der Waals surface area contributed by atoms with Crippen molar-refractivity contribution in [3.05, 3.63) is 30.3 Å². The molecular weight excluding hydrogens is 154 g/mol. The van der Waals surface area contributed by atoms with Gasteiger partial charge in [0.05, 0.1) is 18.7 Å². The summed E-state index contributed by atoms with van der Waals surface area (Å²) in [5, 5.41) is 1.61. The smallest absolute Gasteiger partial charge is 0.334 e. The maximum absolute atomic E-state index is 10.8. The summed E-state index contributed by atoms with van der Waals surface area (Å²) in [7, 11) is 0. The van der Waals surface area contributed by atoms with Crippen LogP contribution in [0.4, 0.5) is 5.69 Å². The Morgan fingerprint density at radius 3 is 2.58 bits per heavy atom. The number of nitrogens with zero attached hydrogens (tertiary/aromatic N) is 1. The number of carbonyl (C=O) groups excluding carboxylic acids is 1. The summed E-state index contributed by atoms with van der Waals surface area (Å²) in [6, 6.07) is 9.60. The van der Waals surface area contributed by atoms with E-state index in [1.54, 1.807) is 5.06 Å². The van der Waals surface area contributed by atoms with Gasteiger partial charge in [0, 0.05) is 0 Å². The number of hydrogen-bond donors (Lipinski definition) is 0. The van der Waals surface area contributed by atoms with E-state index in [1.165, 1.54) is 0 Å². The van der Waals surface area contributed by atoms with Crippen LogP contribution in [0.2, 0.25) is 0 Å². The number of para-hydroxylation sites is 1. The van der Waals surface area contributed by atoms with Crippen molar-refractivity contribution in [3.63, 3.8) is 0 Å². The zero-order chi connectivity index (χ0) is 8.39. The molecular formula is C9H9NO2. The molecule has 1 fully saturated rings. The first-order valence-electron chi connectivity index (χ1n) is 3.89. The molecule has 12 heavy (non-hydrogen) atoms. The molecule has 1 heterocycles. The third-order valence-corrected chi connectivity index (χ3v) is 1.78. The van der Waals surface area contributed by atoms with E-state index in [4.69, 9.17) is 4.84 Å². The van der Waals surface area contributed by atoms with E-state index in [1.807, 2.05) is 30.3 Å². The highest BCUT2D eigenvalue weighted by Gasteiger charge is 2.20. The van der Waals surface area contributed by atoms with E-state index in [0.717, 1.165) is 5.69 Å². The SMILES string of the molecule is O=C1CCN(c2ccccc2)O1. The van der Waals surface area contributed by atoms with Gasteiger partial charge in [-0.3, -0.25) is 0 Å². The second kappa shape index (κ2) is 2.85. The van der Waals surface area contributed by atoms with Crippen LogP contribution in [-0.4, -0.2) is 12.5 Å². The number of hydrogen-bond acceptors (Lipinski definition) is 3. The second-order valence-corrected chi connectivity index (χ2v) is 2.65. The van der Waals surface area contributed by atoms with Crippen LogP contribution in [0, 0.1) is 0 Å². The molecule has 1 aliphatic rings. The van der Waals surface area contributed by atoms with Crippen molar-refractivity contribution in [2.45, 2.75) is 6.42 Å². The number of rotatable bonds is 1. The lowest BCUT2D eigenvalue weighted by molar-refractivity contribution is -0.139. The van der Waals surface area contributed by atoms with Gasteiger partial charge in [0.2, 0.25) is 0 Å². The third kappa shape index (κ3) is 1.25. The Kier molecular flexibility index (Phi) is 1.70. The average Bonchev–Trinajstić information content (AvgIpc) is 2.54. The van der Waals surface area contributed by atoms with Crippen molar-refractivity contribution in [1.82, 2.24) is 0 Å². The van der Waals surface area contributed by atoms with E-state index < -0.39 is 0 Å². The van der Waals surface area contributed by atoms with Crippen LogP contribution in [0.5, 0.6) is 0 Å². The molecule has 0 unspecified atom stereocenters. The van der Waals surface area contributed by atoms with E-state index in [0.29, 0.717) is 13.0 Å². The van der Waals surface area contributed by atoms with Crippen LogP contribution >= 0.6 is 0 Å². The molecule has 0 atom stereocenters. The molecule has 1 saturated heterocycles. The summed E-state index contributed by atoms with van der Waals surface area (Å²) in [6.45, 7) is 0.656. The van der Waals surface area contributed by atoms with Crippen LogP contribution in [0.1, 0.15) is 6.42 Å². The normalized spacial score (nSPS) is 16.3. The van der Waals surface area contributed by atoms with Gasteiger partial charge >= 0.3 is 5.97 Å². The van der Waals surface area contributed by atoms with Crippen LogP contribution in [0.25, 0.3) is 0 Å². The molecule has 1 aromatic carbocycles. The summed E-state index contributed by atoms with van der Waals surface area (Å²) in [5.41, 5.74) is 0.934. The maximum Gasteiger partial charge on any atom is 0.334 e. The predicted molar refractivity (Wildman–Crippen MR) is 44.5 cm³/mol. The van der Waals surface area contributed by atoms with E-state index >= 15 is 0 Å². The first-order chi connectivity index (χ1) is 5.86. The molecule has 1 aliphatic heterocycles. The molecule has 3 heteroatoms. The van der Waals surface area contributed by atoms with Crippen LogP contribution in [0.15, 0.2) is 30.3 Å². The fourth-order valence-electron chi connectivity index (χ4n) is 1.18. The van der Waals surface area contributed by atoms with Gasteiger partial charge in [0.25, 0.3) is 0 Å². The number of anilines is 1. The lowest BCUT2D eigenvalue weighted by atomic mass is 10.3. The molecule has 0 spiro atoms. The van der Waals surface area contributed by atoms with Crippen molar-refractivity contribution >= 4 is 11.7 Å². The van der Waals surface area contributed by atoms with Gasteiger partial charge in [0.1, 0.15) is 0 Å². The maximum atomic E-state index is 10.8. The molecule has 62 valence electrons. The van der Waals surface area contributed by atoms with Crippen molar-refractivity contribution in [2.75, 3.05) is 11.6 Å². The molecule has 0 saturated carbocycles. The highest BCUT2D eigenvalue weighted by atomic mass is 16.7. The second-order valence-electron chi connectivity index (χ2n) is 2.65. The van der Waals surface area contributed by atoms with Gasteiger partial charge in [-0.25, -0.2) is 9.86 Å². The third-order valence-electron chi connectivity index (χ3n) is 1.78. The van der Waals surface area contributed by atoms with Crippen LogP contribution < -0.4 is 5.06 Å². The quantitative estimate of drug-likeness (QED) is 0.626. The van der Waals surface area contributed by atoms with Gasteiger partial charge < -0.3 is 4.84 Å². The Hall–Kier alpha value is -1.51. The highest BCUT2D eigenvalue weighted by Crippen LogP contribution is 2.18. The molecule has 3 nitrogen and oxygen atoms in total. The molecule has 2 rings (SSSR count). The Morgan fingerprint density at radius 2 is 2.00 bits per heavy atom. The summed E-state index contributed by atoms with van der Waals surface area (Å²) in [6.07, 6.45) is 0.481. The summed E-state index contributed by atoms with van der Waals surface area (Å²) in [5.74, 6) is -0.154. The minimum absolute atomic E-state index is 0.154. The van der Waals surface area contributed by atoms with Crippen molar-refractivity contribution in [2.24, 2.45) is 0 Å². The lowest BCUT2D eigenvalue weighted by Gasteiger charge is -2.13. The predicted octanol–water partition coefficient (Wildman–Crippen LogP) is 1.35.